The molecule has 0 aromatic heterocycles. The summed E-state index contributed by atoms with van der Waals surface area (Å²) in [5.74, 6) is 1.20. The van der Waals surface area contributed by atoms with Crippen LogP contribution in [0.2, 0.25) is 0 Å². The lowest BCUT2D eigenvalue weighted by Crippen LogP contribution is -2.39. The number of unbranched alkanes of at least 4 members (excludes halogenated alkanes) is 2. The van der Waals surface area contributed by atoms with E-state index in [0.29, 0.717) is 12.3 Å². The Hall–Kier alpha value is -1.30. The monoisotopic (exact) mass is 329 g/mol. The van der Waals surface area contributed by atoms with Crippen LogP contribution in [-0.4, -0.2) is 51.9 Å². The number of methoxy groups -OCH3 is 1. The maximum Gasteiger partial charge on any atom is 0.305 e. The van der Waals surface area contributed by atoms with Gasteiger partial charge in [0.1, 0.15) is 0 Å². The third kappa shape index (κ3) is 11.9. The van der Waals surface area contributed by atoms with Crippen LogP contribution < -0.4 is 10.6 Å². The summed E-state index contributed by atoms with van der Waals surface area (Å²) in [6.07, 6.45) is 4.61. The molecule has 0 saturated carbocycles. The second kappa shape index (κ2) is 14.3. The number of rotatable bonds is 12. The van der Waals surface area contributed by atoms with E-state index in [9.17, 15) is 4.79 Å². The van der Waals surface area contributed by atoms with Crippen LogP contribution in [0, 0.1) is 5.92 Å². The van der Waals surface area contributed by atoms with Gasteiger partial charge in [0.05, 0.1) is 13.2 Å². The summed E-state index contributed by atoms with van der Waals surface area (Å²) in [7, 11) is 3.20. The van der Waals surface area contributed by atoms with Crippen LogP contribution in [0.3, 0.4) is 0 Å². The maximum absolute atomic E-state index is 11.0. The van der Waals surface area contributed by atoms with Crippen LogP contribution in [0.5, 0.6) is 0 Å². The Bertz CT molecular complexity index is 333. The lowest BCUT2D eigenvalue weighted by atomic mass is 10.0. The van der Waals surface area contributed by atoms with Crippen molar-refractivity contribution >= 4 is 11.9 Å². The summed E-state index contributed by atoms with van der Waals surface area (Å²) >= 11 is 0. The van der Waals surface area contributed by atoms with Gasteiger partial charge in [-0.25, -0.2) is 0 Å². The third-order valence-electron chi connectivity index (χ3n) is 3.65. The molecule has 1 unspecified atom stereocenters. The van der Waals surface area contributed by atoms with E-state index in [1.807, 2.05) is 6.92 Å². The number of nitrogens with zero attached hydrogens (tertiary/aromatic N) is 1. The molecule has 0 rings (SSSR count). The van der Waals surface area contributed by atoms with E-state index in [0.717, 1.165) is 51.3 Å². The molecule has 23 heavy (non-hydrogen) atoms. The van der Waals surface area contributed by atoms with Crippen molar-refractivity contribution in [1.82, 2.24) is 10.6 Å². The van der Waals surface area contributed by atoms with Gasteiger partial charge >= 0.3 is 5.97 Å². The largest absolute Gasteiger partial charge is 0.469 e. The van der Waals surface area contributed by atoms with Crippen molar-refractivity contribution in [3.63, 3.8) is 0 Å². The van der Waals surface area contributed by atoms with Gasteiger partial charge in [-0.05, 0) is 32.1 Å². The SMILES string of the molecule is CCOC(CCNC(=NC)NCCCCCC(=O)OC)C(C)C. The zero-order chi connectivity index (χ0) is 17.5. The fraction of sp³-hybridized carbons (Fsp3) is 0.882. The predicted octanol–water partition coefficient (Wildman–Crippen LogP) is 2.34. The van der Waals surface area contributed by atoms with Gasteiger partial charge in [-0.3, -0.25) is 9.79 Å². The first-order chi connectivity index (χ1) is 11.0. The second-order valence-corrected chi connectivity index (χ2v) is 5.84. The molecule has 0 heterocycles. The van der Waals surface area contributed by atoms with Crippen molar-refractivity contribution in [1.29, 1.82) is 0 Å². The Labute approximate surface area is 141 Å². The Morgan fingerprint density at radius 2 is 1.83 bits per heavy atom. The van der Waals surface area contributed by atoms with Crippen molar-refractivity contribution in [2.45, 2.75) is 59.0 Å². The van der Waals surface area contributed by atoms with E-state index in [-0.39, 0.29) is 12.1 Å². The summed E-state index contributed by atoms with van der Waals surface area (Å²) in [5, 5.41) is 6.60. The first kappa shape index (κ1) is 21.7. The highest BCUT2D eigenvalue weighted by Crippen LogP contribution is 2.09. The van der Waals surface area contributed by atoms with Crippen molar-refractivity contribution in [3.05, 3.63) is 0 Å². The van der Waals surface area contributed by atoms with Crippen molar-refractivity contribution < 1.29 is 14.3 Å². The zero-order valence-corrected chi connectivity index (χ0v) is 15.5. The van der Waals surface area contributed by atoms with Crippen molar-refractivity contribution in [3.8, 4) is 0 Å². The van der Waals surface area contributed by atoms with Gasteiger partial charge < -0.3 is 20.1 Å². The molecule has 0 aliphatic heterocycles. The molecule has 0 aliphatic rings. The molecule has 136 valence electrons. The molecule has 1 atom stereocenters. The number of guanidine groups is 1. The Morgan fingerprint density at radius 1 is 1.13 bits per heavy atom. The Morgan fingerprint density at radius 3 is 2.39 bits per heavy atom. The van der Waals surface area contributed by atoms with Crippen LogP contribution in [-0.2, 0) is 14.3 Å². The highest BCUT2D eigenvalue weighted by Gasteiger charge is 2.12. The number of hydrogen-bond donors (Lipinski definition) is 2. The van der Waals surface area contributed by atoms with Gasteiger partial charge in [-0.15, -0.1) is 0 Å². The highest BCUT2D eigenvalue weighted by molar-refractivity contribution is 5.79. The summed E-state index contributed by atoms with van der Waals surface area (Å²) in [4.78, 5) is 15.2. The molecule has 0 bridgehead atoms. The van der Waals surface area contributed by atoms with E-state index in [1.165, 1.54) is 7.11 Å². The lowest BCUT2D eigenvalue weighted by Gasteiger charge is -2.21. The van der Waals surface area contributed by atoms with Gasteiger partial charge in [0, 0.05) is 33.2 Å². The number of aliphatic imine (C=N–C) groups is 1. The molecule has 0 saturated heterocycles. The molecular formula is C17H35N3O3. The molecular weight excluding hydrogens is 294 g/mol. The van der Waals surface area contributed by atoms with Crippen molar-refractivity contribution in [2.75, 3.05) is 33.9 Å². The minimum absolute atomic E-state index is 0.135. The zero-order valence-electron chi connectivity index (χ0n) is 15.5. The van der Waals surface area contributed by atoms with Gasteiger partial charge in [-0.1, -0.05) is 20.3 Å². The van der Waals surface area contributed by atoms with Gasteiger partial charge in [0.25, 0.3) is 0 Å². The highest BCUT2D eigenvalue weighted by atomic mass is 16.5. The standard InChI is InChI=1S/C17H35N3O3/c1-6-23-15(14(2)3)11-13-20-17(18-4)19-12-9-7-8-10-16(21)22-5/h14-15H,6-13H2,1-5H3,(H2,18,19,20). The minimum atomic E-state index is -0.135. The number of hydrogen-bond acceptors (Lipinski definition) is 4. The smallest absolute Gasteiger partial charge is 0.305 e. The molecule has 0 aromatic carbocycles. The summed E-state index contributed by atoms with van der Waals surface area (Å²) in [6.45, 7) is 8.83. The first-order valence-electron chi connectivity index (χ1n) is 8.68. The van der Waals surface area contributed by atoms with Crippen LogP contribution >= 0.6 is 0 Å². The van der Waals surface area contributed by atoms with Crippen LogP contribution in [0.1, 0.15) is 52.9 Å². The number of carbonyl (C=O) groups excluding carboxylic acids is 1. The van der Waals surface area contributed by atoms with E-state index in [4.69, 9.17) is 4.74 Å². The van der Waals surface area contributed by atoms with E-state index in [2.05, 4.69) is 34.2 Å². The lowest BCUT2D eigenvalue weighted by molar-refractivity contribution is -0.140. The molecule has 0 fully saturated rings. The molecule has 0 aliphatic carbocycles. The fourth-order valence-electron chi connectivity index (χ4n) is 2.26. The van der Waals surface area contributed by atoms with Crippen LogP contribution in [0.4, 0.5) is 0 Å². The van der Waals surface area contributed by atoms with Gasteiger partial charge in [-0.2, -0.15) is 0 Å². The summed E-state index contributed by atoms with van der Waals surface area (Å²) in [5.41, 5.74) is 0. The predicted molar refractivity (Wildman–Crippen MR) is 94.7 cm³/mol. The van der Waals surface area contributed by atoms with Crippen LogP contribution in [0.15, 0.2) is 4.99 Å². The van der Waals surface area contributed by atoms with Gasteiger partial charge in [0.2, 0.25) is 0 Å². The number of nitrogens with one attached hydrogen (secondary N) is 2. The topological polar surface area (TPSA) is 72.0 Å². The molecule has 6 heteroatoms. The third-order valence-corrected chi connectivity index (χ3v) is 3.65. The normalized spacial score (nSPS) is 13.0. The van der Waals surface area contributed by atoms with E-state index < -0.39 is 0 Å². The number of esters is 1. The fourth-order valence-corrected chi connectivity index (χ4v) is 2.26. The summed E-state index contributed by atoms with van der Waals surface area (Å²) < 4.78 is 10.4. The summed E-state index contributed by atoms with van der Waals surface area (Å²) in [6, 6.07) is 0. The quantitative estimate of drug-likeness (QED) is 0.249. The molecule has 6 nitrogen and oxygen atoms in total. The molecule has 0 radical (unpaired) electrons. The molecule has 0 aromatic rings. The number of ether oxygens (including phenoxy) is 2. The Balaban J connectivity index is 3.76. The van der Waals surface area contributed by atoms with Crippen LogP contribution in [0.25, 0.3) is 0 Å². The number of carbonyl (C=O) groups is 1. The minimum Gasteiger partial charge on any atom is -0.469 e. The first-order valence-corrected chi connectivity index (χ1v) is 8.68. The Kier molecular flexibility index (Phi) is 13.5. The van der Waals surface area contributed by atoms with E-state index >= 15 is 0 Å². The second-order valence-electron chi connectivity index (χ2n) is 5.84. The molecule has 2 N–H and O–H groups in total. The van der Waals surface area contributed by atoms with Crippen molar-refractivity contribution in [2.24, 2.45) is 10.9 Å². The average Bonchev–Trinajstić information content (AvgIpc) is 2.54. The molecule has 0 amide bonds. The van der Waals surface area contributed by atoms with E-state index in [1.54, 1.807) is 7.05 Å². The average molecular weight is 329 g/mol. The molecule has 0 spiro atoms. The van der Waals surface area contributed by atoms with Gasteiger partial charge in [0.15, 0.2) is 5.96 Å². The maximum atomic E-state index is 11.0.